The van der Waals surface area contributed by atoms with Gasteiger partial charge >= 0.3 is 0 Å². The molecule has 1 aromatic carbocycles. The van der Waals surface area contributed by atoms with Gasteiger partial charge in [-0.05, 0) is 44.2 Å². The van der Waals surface area contributed by atoms with Crippen molar-refractivity contribution >= 4 is 5.84 Å². The van der Waals surface area contributed by atoms with Crippen LogP contribution in [-0.2, 0) is 6.54 Å². The Hall–Kier alpha value is -1.59. The molecular weight excluding hydrogens is 252 g/mol. The lowest BCUT2D eigenvalue weighted by Crippen LogP contribution is -2.27. The number of amidine groups is 1. The summed E-state index contributed by atoms with van der Waals surface area (Å²) in [4.78, 5) is 2.42. The molecule has 112 valence electrons. The van der Waals surface area contributed by atoms with Crippen LogP contribution in [0, 0.1) is 0 Å². The monoisotopic (exact) mass is 278 g/mol. The Morgan fingerprint density at radius 2 is 2.10 bits per heavy atom. The molecule has 1 aromatic rings. The number of hydrogen-bond acceptors (Lipinski definition) is 4. The highest BCUT2D eigenvalue weighted by Gasteiger charge is 2.01. The van der Waals surface area contributed by atoms with Crippen molar-refractivity contribution in [3.8, 4) is 0 Å². The Morgan fingerprint density at radius 1 is 1.35 bits per heavy atom. The van der Waals surface area contributed by atoms with Crippen LogP contribution in [0.3, 0.4) is 0 Å². The predicted molar refractivity (Wildman–Crippen MR) is 83.1 cm³/mol. The molecule has 0 saturated heterocycles. The molecule has 5 heteroatoms. The number of hydrogen-bond donors (Lipinski definition) is 3. The average Bonchev–Trinajstić information content (AvgIpc) is 2.50. The zero-order valence-electron chi connectivity index (χ0n) is 12.5. The average molecular weight is 278 g/mol. The molecule has 0 aliphatic heterocycles. The van der Waals surface area contributed by atoms with Gasteiger partial charge in [-0.25, -0.2) is 0 Å². The van der Waals surface area contributed by atoms with Crippen LogP contribution < -0.4 is 11.1 Å². The van der Waals surface area contributed by atoms with Gasteiger partial charge < -0.3 is 21.2 Å². The molecule has 0 radical (unpaired) electrons. The Bertz CT molecular complexity index is 416. The minimum Gasteiger partial charge on any atom is -0.409 e. The first-order valence-electron chi connectivity index (χ1n) is 7.21. The van der Waals surface area contributed by atoms with E-state index < -0.39 is 0 Å². The van der Waals surface area contributed by atoms with Crippen molar-refractivity contribution in [3.63, 3.8) is 0 Å². The Kier molecular flexibility index (Phi) is 7.69. The van der Waals surface area contributed by atoms with Gasteiger partial charge in [-0.3, -0.25) is 0 Å². The van der Waals surface area contributed by atoms with Crippen molar-refractivity contribution in [1.29, 1.82) is 0 Å². The minimum absolute atomic E-state index is 0.147. The fourth-order valence-corrected chi connectivity index (χ4v) is 2.10. The van der Waals surface area contributed by atoms with Gasteiger partial charge in [-0.1, -0.05) is 37.2 Å². The maximum atomic E-state index is 8.67. The standard InChI is InChI=1S/C15H26N4O/c1-3-19(4-2)10-6-9-17-12-13-7-5-8-14(11-13)15(16)18-20/h5,7-8,11,17,20H,3-4,6,9-10,12H2,1-2H3,(H2,16,18). The first-order chi connectivity index (χ1) is 9.71. The summed E-state index contributed by atoms with van der Waals surface area (Å²) < 4.78 is 0. The van der Waals surface area contributed by atoms with Crippen molar-refractivity contribution < 1.29 is 5.21 Å². The van der Waals surface area contributed by atoms with Crippen molar-refractivity contribution in [2.45, 2.75) is 26.8 Å². The van der Waals surface area contributed by atoms with Gasteiger partial charge in [0.25, 0.3) is 0 Å². The molecule has 5 nitrogen and oxygen atoms in total. The summed E-state index contributed by atoms with van der Waals surface area (Å²) in [5.74, 6) is 0.147. The highest BCUT2D eigenvalue weighted by atomic mass is 16.4. The zero-order valence-corrected chi connectivity index (χ0v) is 12.5. The lowest BCUT2D eigenvalue weighted by Gasteiger charge is -2.17. The van der Waals surface area contributed by atoms with E-state index in [9.17, 15) is 0 Å². The van der Waals surface area contributed by atoms with Crippen LogP contribution in [-0.4, -0.2) is 42.1 Å². The van der Waals surface area contributed by atoms with Crippen molar-refractivity contribution in [1.82, 2.24) is 10.2 Å². The quantitative estimate of drug-likeness (QED) is 0.211. The van der Waals surface area contributed by atoms with E-state index in [1.165, 1.54) is 0 Å². The molecule has 0 unspecified atom stereocenters. The molecule has 20 heavy (non-hydrogen) atoms. The lowest BCUT2D eigenvalue weighted by molar-refractivity contribution is 0.298. The zero-order chi connectivity index (χ0) is 14.8. The smallest absolute Gasteiger partial charge is 0.170 e. The number of nitrogens with zero attached hydrogens (tertiary/aromatic N) is 2. The molecule has 0 atom stereocenters. The van der Waals surface area contributed by atoms with E-state index in [4.69, 9.17) is 10.9 Å². The number of benzene rings is 1. The minimum atomic E-state index is 0.147. The fourth-order valence-electron chi connectivity index (χ4n) is 2.10. The van der Waals surface area contributed by atoms with Crippen molar-refractivity contribution in [3.05, 3.63) is 35.4 Å². The molecule has 4 N–H and O–H groups in total. The van der Waals surface area contributed by atoms with E-state index >= 15 is 0 Å². The molecule has 0 spiro atoms. The first-order valence-corrected chi connectivity index (χ1v) is 7.21. The van der Waals surface area contributed by atoms with Crippen molar-refractivity contribution in [2.24, 2.45) is 10.9 Å². The van der Waals surface area contributed by atoms with E-state index in [1.807, 2.05) is 24.3 Å². The number of rotatable bonds is 9. The molecule has 0 aromatic heterocycles. The SMILES string of the molecule is CCN(CC)CCCNCc1cccc(C(N)=NO)c1. The van der Waals surface area contributed by atoms with E-state index in [-0.39, 0.29) is 5.84 Å². The van der Waals surface area contributed by atoms with E-state index in [0.29, 0.717) is 0 Å². The molecule has 1 rings (SSSR count). The third kappa shape index (κ3) is 5.59. The topological polar surface area (TPSA) is 73.9 Å². The summed E-state index contributed by atoms with van der Waals surface area (Å²) in [6.45, 7) is 9.51. The van der Waals surface area contributed by atoms with Gasteiger partial charge in [-0.2, -0.15) is 0 Å². The largest absolute Gasteiger partial charge is 0.409 e. The lowest BCUT2D eigenvalue weighted by atomic mass is 10.1. The Labute approximate surface area is 121 Å². The molecular formula is C15H26N4O. The van der Waals surface area contributed by atoms with E-state index in [1.54, 1.807) is 0 Å². The molecule has 0 bridgehead atoms. The van der Waals surface area contributed by atoms with Gasteiger partial charge in [-0.15, -0.1) is 0 Å². The third-order valence-corrected chi connectivity index (χ3v) is 3.38. The Balaban J connectivity index is 2.32. The van der Waals surface area contributed by atoms with Gasteiger partial charge in [0.15, 0.2) is 5.84 Å². The maximum Gasteiger partial charge on any atom is 0.170 e. The summed E-state index contributed by atoms with van der Waals surface area (Å²) in [6.07, 6.45) is 1.14. The van der Waals surface area contributed by atoms with E-state index in [2.05, 4.69) is 29.2 Å². The second kappa shape index (κ2) is 9.34. The fraction of sp³-hybridized carbons (Fsp3) is 0.533. The second-order valence-corrected chi connectivity index (χ2v) is 4.74. The van der Waals surface area contributed by atoms with Crippen LogP contribution in [0.25, 0.3) is 0 Å². The normalized spacial score (nSPS) is 12.1. The van der Waals surface area contributed by atoms with Crippen LogP contribution in [0.4, 0.5) is 0 Å². The summed E-state index contributed by atoms with van der Waals surface area (Å²) in [5.41, 5.74) is 7.46. The second-order valence-electron chi connectivity index (χ2n) is 4.74. The molecule has 0 aliphatic carbocycles. The summed E-state index contributed by atoms with van der Waals surface area (Å²) >= 11 is 0. The third-order valence-electron chi connectivity index (χ3n) is 3.38. The highest BCUT2D eigenvalue weighted by molar-refractivity contribution is 5.97. The van der Waals surface area contributed by atoms with Crippen LogP contribution in [0.15, 0.2) is 29.4 Å². The predicted octanol–water partition coefficient (Wildman–Crippen LogP) is 1.60. The number of oxime groups is 1. The van der Waals surface area contributed by atoms with Crippen LogP contribution in [0.2, 0.25) is 0 Å². The summed E-state index contributed by atoms with van der Waals surface area (Å²) in [6, 6.07) is 7.72. The maximum absolute atomic E-state index is 8.67. The van der Waals surface area contributed by atoms with Crippen LogP contribution >= 0.6 is 0 Å². The summed E-state index contributed by atoms with van der Waals surface area (Å²) in [7, 11) is 0. The van der Waals surface area contributed by atoms with Gasteiger partial charge in [0.05, 0.1) is 0 Å². The molecule has 0 fully saturated rings. The molecule has 0 aliphatic rings. The highest BCUT2D eigenvalue weighted by Crippen LogP contribution is 2.05. The Morgan fingerprint density at radius 3 is 2.75 bits per heavy atom. The first kappa shape index (κ1) is 16.5. The summed E-state index contributed by atoms with van der Waals surface area (Å²) in [5, 5.41) is 15.1. The van der Waals surface area contributed by atoms with Gasteiger partial charge in [0.2, 0.25) is 0 Å². The van der Waals surface area contributed by atoms with Crippen molar-refractivity contribution in [2.75, 3.05) is 26.2 Å². The number of nitrogens with two attached hydrogens (primary N) is 1. The van der Waals surface area contributed by atoms with Gasteiger partial charge in [0.1, 0.15) is 0 Å². The molecule has 0 amide bonds. The van der Waals surface area contributed by atoms with Gasteiger partial charge in [0, 0.05) is 12.1 Å². The molecule has 0 heterocycles. The molecule has 0 saturated carbocycles. The van der Waals surface area contributed by atoms with Crippen LogP contribution in [0.5, 0.6) is 0 Å². The number of nitrogens with one attached hydrogen (secondary N) is 1. The van der Waals surface area contributed by atoms with E-state index in [0.717, 1.165) is 50.3 Å². The van der Waals surface area contributed by atoms with Crippen LogP contribution in [0.1, 0.15) is 31.4 Å².